The van der Waals surface area contributed by atoms with E-state index in [1.807, 2.05) is 0 Å². The number of sulfone groups is 1. The van der Waals surface area contributed by atoms with E-state index in [2.05, 4.69) is 0 Å². The van der Waals surface area contributed by atoms with Gasteiger partial charge in [0, 0.05) is 6.26 Å². The first-order valence-electron chi connectivity index (χ1n) is 3.35. The minimum atomic E-state index is -3.13. The topological polar surface area (TPSA) is 97.5 Å². The van der Waals surface area contributed by atoms with Gasteiger partial charge in [-0.2, -0.15) is 0 Å². The van der Waals surface area contributed by atoms with Crippen LogP contribution in [-0.2, 0) is 14.6 Å². The quantitative estimate of drug-likeness (QED) is 0.613. The lowest BCUT2D eigenvalue weighted by Crippen LogP contribution is -2.46. The van der Waals surface area contributed by atoms with Gasteiger partial charge in [0.1, 0.15) is 15.4 Å². The molecule has 0 spiro atoms. The Hall–Kier alpha value is -0.620. The van der Waals surface area contributed by atoms with Gasteiger partial charge in [0.15, 0.2) is 0 Å². The second-order valence-electron chi connectivity index (χ2n) is 3.10. The highest BCUT2D eigenvalue weighted by Gasteiger charge is 2.28. The van der Waals surface area contributed by atoms with Crippen LogP contribution in [-0.4, -0.2) is 37.0 Å². The Morgan fingerprint density at radius 2 is 2.00 bits per heavy atom. The molecular formula is C6H13NO4S. The van der Waals surface area contributed by atoms with Gasteiger partial charge >= 0.3 is 5.97 Å². The van der Waals surface area contributed by atoms with Crippen LogP contribution in [0.5, 0.6) is 0 Å². The van der Waals surface area contributed by atoms with E-state index in [4.69, 9.17) is 10.8 Å². The molecule has 0 fully saturated rings. The Morgan fingerprint density at radius 3 is 2.25 bits per heavy atom. The molecular weight excluding hydrogens is 182 g/mol. The monoisotopic (exact) mass is 195 g/mol. The van der Waals surface area contributed by atoms with E-state index in [-0.39, 0.29) is 12.2 Å². The summed E-state index contributed by atoms with van der Waals surface area (Å²) in [5, 5.41) is 8.52. The third-order valence-electron chi connectivity index (χ3n) is 1.48. The fraction of sp³-hybridized carbons (Fsp3) is 0.833. The van der Waals surface area contributed by atoms with Gasteiger partial charge in [0.05, 0.1) is 5.75 Å². The van der Waals surface area contributed by atoms with Crippen LogP contribution in [0.1, 0.15) is 13.3 Å². The van der Waals surface area contributed by atoms with Crippen molar-refractivity contribution < 1.29 is 18.3 Å². The maximum Gasteiger partial charge on any atom is 0.323 e. The molecule has 0 rings (SSSR count). The van der Waals surface area contributed by atoms with Crippen molar-refractivity contribution in [3.8, 4) is 0 Å². The van der Waals surface area contributed by atoms with Crippen molar-refractivity contribution in [3.63, 3.8) is 0 Å². The molecule has 1 unspecified atom stereocenters. The third kappa shape index (κ3) is 4.30. The lowest BCUT2D eigenvalue weighted by atomic mass is 10.0. The van der Waals surface area contributed by atoms with Gasteiger partial charge in [-0.1, -0.05) is 0 Å². The summed E-state index contributed by atoms with van der Waals surface area (Å²) in [6.45, 7) is 1.29. The molecule has 0 aromatic carbocycles. The summed E-state index contributed by atoms with van der Waals surface area (Å²) >= 11 is 0. The number of hydrogen-bond donors (Lipinski definition) is 2. The average molecular weight is 195 g/mol. The summed E-state index contributed by atoms with van der Waals surface area (Å²) in [4.78, 5) is 10.4. The first kappa shape index (κ1) is 11.4. The second kappa shape index (κ2) is 3.40. The van der Waals surface area contributed by atoms with Gasteiger partial charge in [0.2, 0.25) is 0 Å². The second-order valence-corrected chi connectivity index (χ2v) is 5.36. The standard InChI is InChI=1S/C6H13NO4S/c1-6(7,5(8)9)3-4-12(2,10)11/h3-4,7H2,1-2H3,(H,8,9). The zero-order chi connectivity index (χ0) is 9.99. The Balaban J connectivity index is 4.20. The number of nitrogens with two attached hydrogens (primary N) is 1. The van der Waals surface area contributed by atoms with Gasteiger partial charge in [-0.25, -0.2) is 8.42 Å². The van der Waals surface area contributed by atoms with Gasteiger partial charge in [-0.3, -0.25) is 4.79 Å². The maximum absolute atomic E-state index is 10.7. The Kier molecular flexibility index (Phi) is 3.23. The highest BCUT2D eigenvalue weighted by molar-refractivity contribution is 7.90. The first-order valence-corrected chi connectivity index (χ1v) is 5.41. The molecule has 3 N–H and O–H groups in total. The third-order valence-corrected chi connectivity index (χ3v) is 2.43. The number of carboxylic acid groups (broad SMARTS) is 1. The zero-order valence-electron chi connectivity index (χ0n) is 7.07. The number of aliphatic carboxylic acids is 1. The molecule has 0 saturated heterocycles. The Morgan fingerprint density at radius 1 is 1.58 bits per heavy atom. The van der Waals surface area contributed by atoms with E-state index in [1.165, 1.54) is 6.92 Å². The normalized spacial score (nSPS) is 16.9. The molecule has 0 aromatic rings. The van der Waals surface area contributed by atoms with Crippen LogP contribution >= 0.6 is 0 Å². The predicted octanol–water partition coefficient (Wildman–Crippen LogP) is -0.777. The molecule has 72 valence electrons. The fourth-order valence-corrected chi connectivity index (χ4v) is 1.30. The summed E-state index contributed by atoms with van der Waals surface area (Å²) in [6.07, 6.45) is 0.978. The number of carboxylic acids is 1. The molecule has 0 amide bonds. The molecule has 6 heteroatoms. The molecule has 0 saturated carbocycles. The SMILES string of the molecule is CC(N)(CCS(C)(=O)=O)C(=O)O. The van der Waals surface area contributed by atoms with E-state index in [9.17, 15) is 13.2 Å². The van der Waals surface area contributed by atoms with Crippen molar-refractivity contribution in [2.45, 2.75) is 18.9 Å². The van der Waals surface area contributed by atoms with Crippen LogP contribution in [0.4, 0.5) is 0 Å². The zero-order valence-corrected chi connectivity index (χ0v) is 7.89. The van der Waals surface area contributed by atoms with E-state index in [1.54, 1.807) is 0 Å². The summed E-state index contributed by atoms with van der Waals surface area (Å²) in [5.74, 6) is -1.39. The number of rotatable bonds is 4. The average Bonchev–Trinajstić information content (AvgIpc) is 1.82. The minimum Gasteiger partial charge on any atom is -0.480 e. The summed E-state index contributed by atoms with van der Waals surface area (Å²) in [6, 6.07) is 0. The van der Waals surface area contributed by atoms with Crippen molar-refractivity contribution in [1.29, 1.82) is 0 Å². The highest BCUT2D eigenvalue weighted by Crippen LogP contribution is 2.06. The van der Waals surface area contributed by atoms with Crippen molar-refractivity contribution in [3.05, 3.63) is 0 Å². The molecule has 0 aliphatic heterocycles. The number of carbonyl (C=O) groups is 1. The Bertz CT molecular complexity index is 267. The Labute approximate surface area is 71.5 Å². The molecule has 0 radical (unpaired) electrons. The van der Waals surface area contributed by atoms with Crippen LogP contribution in [0.2, 0.25) is 0 Å². The van der Waals surface area contributed by atoms with Crippen molar-refractivity contribution in [1.82, 2.24) is 0 Å². The van der Waals surface area contributed by atoms with E-state index < -0.39 is 21.3 Å². The van der Waals surface area contributed by atoms with Crippen LogP contribution in [0.25, 0.3) is 0 Å². The lowest BCUT2D eigenvalue weighted by Gasteiger charge is -2.17. The van der Waals surface area contributed by atoms with E-state index in [0.717, 1.165) is 6.26 Å². The first-order chi connectivity index (χ1) is 5.15. The van der Waals surface area contributed by atoms with Gasteiger partial charge in [0.25, 0.3) is 0 Å². The predicted molar refractivity (Wildman–Crippen MR) is 44.6 cm³/mol. The molecule has 0 heterocycles. The molecule has 0 aliphatic rings. The van der Waals surface area contributed by atoms with Crippen LogP contribution in [0, 0.1) is 0 Å². The maximum atomic E-state index is 10.7. The molecule has 0 bridgehead atoms. The molecule has 0 aromatic heterocycles. The molecule has 12 heavy (non-hydrogen) atoms. The largest absolute Gasteiger partial charge is 0.480 e. The van der Waals surface area contributed by atoms with Crippen molar-refractivity contribution in [2.75, 3.05) is 12.0 Å². The molecule has 0 aliphatic carbocycles. The van der Waals surface area contributed by atoms with Crippen LogP contribution in [0.15, 0.2) is 0 Å². The van der Waals surface area contributed by atoms with Crippen molar-refractivity contribution in [2.24, 2.45) is 5.73 Å². The van der Waals surface area contributed by atoms with Crippen molar-refractivity contribution >= 4 is 15.8 Å². The van der Waals surface area contributed by atoms with Gasteiger partial charge < -0.3 is 10.8 Å². The minimum absolute atomic E-state index is 0.0683. The highest BCUT2D eigenvalue weighted by atomic mass is 32.2. The smallest absolute Gasteiger partial charge is 0.323 e. The number of hydrogen-bond acceptors (Lipinski definition) is 4. The van der Waals surface area contributed by atoms with Crippen LogP contribution in [0.3, 0.4) is 0 Å². The molecule has 1 atom stereocenters. The van der Waals surface area contributed by atoms with Crippen LogP contribution < -0.4 is 5.73 Å². The van der Waals surface area contributed by atoms with E-state index >= 15 is 0 Å². The fourth-order valence-electron chi connectivity index (χ4n) is 0.504. The summed E-state index contributed by atoms with van der Waals surface area (Å²) in [5.41, 5.74) is 3.85. The summed E-state index contributed by atoms with van der Waals surface area (Å²) < 4.78 is 21.3. The molecule has 5 nitrogen and oxygen atoms in total. The summed E-state index contributed by atoms with van der Waals surface area (Å²) in [7, 11) is -3.13. The van der Waals surface area contributed by atoms with E-state index in [0.29, 0.717) is 0 Å². The lowest BCUT2D eigenvalue weighted by molar-refractivity contribution is -0.142. The van der Waals surface area contributed by atoms with Gasteiger partial charge in [-0.05, 0) is 13.3 Å². The van der Waals surface area contributed by atoms with Gasteiger partial charge in [-0.15, -0.1) is 0 Å².